The molecule has 0 spiro atoms. The summed E-state index contributed by atoms with van der Waals surface area (Å²) in [6, 6.07) is 8.90. The van der Waals surface area contributed by atoms with E-state index in [2.05, 4.69) is 0 Å². The number of aliphatic hydroxyl groups is 1. The van der Waals surface area contributed by atoms with E-state index in [1.54, 1.807) is 24.3 Å². The molecule has 0 unspecified atom stereocenters. The minimum absolute atomic E-state index is 0. The molecular weight excluding hydrogens is 206 g/mol. The van der Waals surface area contributed by atoms with Crippen LogP contribution in [0.15, 0.2) is 24.3 Å². The number of halogens is 1. The molecule has 0 heterocycles. The molecule has 0 fully saturated rings. The zero-order valence-corrected chi connectivity index (χ0v) is 7.53. The van der Waals surface area contributed by atoms with E-state index in [4.69, 9.17) is 10.4 Å². The Morgan fingerprint density at radius 1 is 1.45 bits per heavy atom. The molecule has 2 nitrogen and oxygen atoms in total. The van der Waals surface area contributed by atoms with Gasteiger partial charge in [-0.05, 0) is 17.7 Å². The summed E-state index contributed by atoms with van der Waals surface area (Å²) in [6.45, 7) is -0.00444. The van der Waals surface area contributed by atoms with Gasteiger partial charge in [-0.1, -0.05) is 12.1 Å². The third kappa shape index (κ3) is 2.71. The third-order valence-electron chi connectivity index (χ3n) is 1.24. The van der Waals surface area contributed by atoms with Crippen molar-refractivity contribution in [3.63, 3.8) is 0 Å². The molecule has 3 heteroatoms. The van der Waals surface area contributed by atoms with Crippen LogP contribution in [-0.4, -0.2) is 5.11 Å². The Morgan fingerprint density at radius 3 is 2.73 bits per heavy atom. The van der Waals surface area contributed by atoms with Gasteiger partial charge in [-0.25, -0.2) is 0 Å². The van der Waals surface area contributed by atoms with E-state index in [9.17, 15) is 0 Å². The molecule has 1 N–H and O–H groups in total. The van der Waals surface area contributed by atoms with Crippen molar-refractivity contribution in [3.05, 3.63) is 35.4 Å². The Bertz CT molecular complexity index is 267. The summed E-state index contributed by atoms with van der Waals surface area (Å²) >= 11 is 0. The van der Waals surface area contributed by atoms with Crippen molar-refractivity contribution in [1.82, 2.24) is 0 Å². The zero-order valence-electron chi connectivity index (χ0n) is 5.82. The van der Waals surface area contributed by atoms with Crippen LogP contribution < -0.4 is 0 Å². The van der Waals surface area contributed by atoms with Crippen molar-refractivity contribution in [2.45, 2.75) is 6.61 Å². The molecule has 1 aromatic rings. The molecule has 0 aliphatic carbocycles. The first-order valence-corrected chi connectivity index (χ1v) is 2.96. The highest BCUT2D eigenvalue weighted by Crippen LogP contribution is 2.02. The van der Waals surface area contributed by atoms with E-state index in [1.807, 2.05) is 6.07 Å². The summed E-state index contributed by atoms with van der Waals surface area (Å²) in [7, 11) is 0. The molecule has 58 valence electrons. The quantitative estimate of drug-likeness (QED) is 0.771. The molecule has 0 radical (unpaired) electrons. The van der Waals surface area contributed by atoms with Crippen LogP contribution in [0.5, 0.6) is 0 Å². The lowest BCUT2D eigenvalue weighted by Crippen LogP contribution is -1.82. The highest BCUT2D eigenvalue weighted by atomic mass is 79.9. The van der Waals surface area contributed by atoms with Gasteiger partial charge in [-0.2, -0.15) is 5.26 Å². The fourth-order valence-corrected chi connectivity index (χ4v) is 0.739. The average molecular weight is 214 g/mol. The molecule has 0 saturated carbocycles. The summed E-state index contributed by atoms with van der Waals surface area (Å²) in [5.74, 6) is 0. The van der Waals surface area contributed by atoms with Crippen molar-refractivity contribution >= 4 is 17.0 Å². The number of nitrogens with zero attached hydrogens (tertiary/aromatic N) is 1. The van der Waals surface area contributed by atoms with Crippen molar-refractivity contribution < 1.29 is 5.11 Å². The van der Waals surface area contributed by atoms with Gasteiger partial charge in [0.05, 0.1) is 18.2 Å². The predicted molar refractivity (Wildman–Crippen MR) is 47.4 cm³/mol. The van der Waals surface area contributed by atoms with E-state index >= 15 is 0 Å². The second-order valence-electron chi connectivity index (χ2n) is 1.97. The summed E-state index contributed by atoms with van der Waals surface area (Å²) in [5.41, 5.74) is 1.37. The molecule has 0 bridgehead atoms. The van der Waals surface area contributed by atoms with E-state index in [0.29, 0.717) is 5.56 Å². The molecule has 0 saturated heterocycles. The lowest BCUT2D eigenvalue weighted by Gasteiger charge is -1.93. The second-order valence-corrected chi connectivity index (χ2v) is 1.97. The van der Waals surface area contributed by atoms with Gasteiger partial charge in [0.1, 0.15) is 0 Å². The summed E-state index contributed by atoms with van der Waals surface area (Å²) in [6.07, 6.45) is 0. The van der Waals surface area contributed by atoms with Crippen LogP contribution >= 0.6 is 17.0 Å². The van der Waals surface area contributed by atoms with E-state index in [0.717, 1.165) is 5.56 Å². The maximum absolute atomic E-state index is 8.65. The van der Waals surface area contributed by atoms with Crippen molar-refractivity contribution in [1.29, 1.82) is 5.26 Å². The van der Waals surface area contributed by atoms with Crippen LogP contribution in [0.2, 0.25) is 0 Å². The highest BCUT2D eigenvalue weighted by Gasteiger charge is 1.90. The van der Waals surface area contributed by atoms with Gasteiger partial charge in [0, 0.05) is 0 Å². The van der Waals surface area contributed by atoms with Gasteiger partial charge < -0.3 is 5.11 Å². The van der Waals surface area contributed by atoms with Crippen molar-refractivity contribution in [2.24, 2.45) is 0 Å². The zero-order chi connectivity index (χ0) is 7.40. The van der Waals surface area contributed by atoms with Gasteiger partial charge in [-0.15, -0.1) is 17.0 Å². The summed E-state index contributed by atoms with van der Waals surface area (Å²) in [5, 5.41) is 17.1. The third-order valence-corrected chi connectivity index (χ3v) is 1.24. The first kappa shape index (κ1) is 10.2. The molecule has 1 aromatic carbocycles. The number of rotatable bonds is 1. The maximum Gasteiger partial charge on any atom is 0.0991 e. The topological polar surface area (TPSA) is 44.0 Å². The smallest absolute Gasteiger partial charge is 0.0991 e. The second kappa shape index (κ2) is 4.89. The molecule has 0 aliphatic rings. The van der Waals surface area contributed by atoms with Gasteiger partial charge in [0.25, 0.3) is 0 Å². The van der Waals surface area contributed by atoms with Gasteiger partial charge in [-0.3, -0.25) is 0 Å². The molecule has 1 rings (SSSR count). The normalized spacial score (nSPS) is 8.00. The fraction of sp³-hybridized carbons (Fsp3) is 0.125. The standard InChI is InChI=1S/C8H7NO.BrH/c9-5-7-2-1-3-8(4-7)6-10;/h1-4,10H,6H2;1H. The fourth-order valence-electron chi connectivity index (χ4n) is 0.739. The molecule has 0 amide bonds. The Morgan fingerprint density at radius 2 is 2.18 bits per heavy atom. The van der Waals surface area contributed by atoms with Crippen molar-refractivity contribution in [2.75, 3.05) is 0 Å². The number of hydrogen-bond donors (Lipinski definition) is 1. The van der Waals surface area contributed by atoms with E-state index in [-0.39, 0.29) is 23.6 Å². The molecular formula is C8H8BrNO. The first-order valence-electron chi connectivity index (χ1n) is 2.96. The number of hydrogen-bond acceptors (Lipinski definition) is 2. The monoisotopic (exact) mass is 213 g/mol. The van der Waals surface area contributed by atoms with Crippen LogP contribution in [0.4, 0.5) is 0 Å². The van der Waals surface area contributed by atoms with Crippen LogP contribution in [-0.2, 0) is 6.61 Å². The first-order chi connectivity index (χ1) is 4.86. The Balaban J connectivity index is 0.000001000. The number of benzene rings is 1. The highest BCUT2D eigenvalue weighted by molar-refractivity contribution is 8.93. The molecule has 11 heavy (non-hydrogen) atoms. The predicted octanol–water partition coefficient (Wildman–Crippen LogP) is 1.63. The van der Waals surface area contributed by atoms with Crippen LogP contribution in [0.25, 0.3) is 0 Å². The van der Waals surface area contributed by atoms with Crippen LogP contribution in [0.1, 0.15) is 11.1 Å². The van der Waals surface area contributed by atoms with E-state index in [1.165, 1.54) is 0 Å². The SMILES string of the molecule is Br.N#Cc1cccc(CO)c1. The average Bonchev–Trinajstić information content (AvgIpc) is 2.05. The Kier molecular flexibility index (Phi) is 4.51. The number of nitriles is 1. The summed E-state index contributed by atoms with van der Waals surface area (Å²) < 4.78 is 0. The lowest BCUT2D eigenvalue weighted by molar-refractivity contribution is 0.282. The Hall–Kier alpha value is -0.850. The molecule has 0 aliphatic heterocycles. The van der Waals surface area contributed by atoms with Crippen LogP contribution in [0.3, 0.4) is 0 Å². The van der Waals surface area contributed by atoms with Crippen molar-refractivity contribution in [3.8, 4) is 6.07 Å². The largest absolute Gasteiger partial charge is 0.392 e. The minimum Gasteiger partial charge on any atom is -0.392 e. The van der Waals surface area contributed by atoms with E-state index < -0.39 is 0 Å². The molecule has 0 atom stereocenters. The van der Waals surface area contributed by atoms with Gasteiger partial charge in [0.2, 0.25) is 0 Å². The van der Waals surface area contributed by atoms with Gasteiger partial charge in [0.15, 0.2) is 0 Å². The summed E-state index contributed by atoms with van der Waals surface area (Å²) in [4.78, 5) is 0. The minimum atomic E-state index is -0.00444. The lowest BCUT2D eigenvalue weighted by atomic mass is 10.1. The Labute approximate surface area is 75.9 Å². The van der Waals surface area contributed by atoms with Crippen LogP contribution in [0, 0.1) is 11.3 Å². The maximum atomic E-state index is 8.65. The van der Waals surface area contributed by atoms with Gasteiger partial charge >= 0.3 is 0 Å². The molecule has 0 aromatic heterocycles. The number of aliphatic hydroxyl groups excluding tert-OH is 1.